The van der Waals surface area contributed by atoms with E-state index in [9.17, 15) is 15.0 Å². The van der Waals surface area contributed by atoms with Crippen LogP contribution in [0.4, 0.5) is 0 Å². The van der Waals surface area contributed by atoms with Gasteiger partial charge in [0.05, 0.1) is 12.2 Å². The summed E-state index contributed by atoms with van der Waals surface area (Å²) in [4.78, 5) is 11.7. The summed E-state index contributed by atoms with van der Waals surface area (Å²) in [5, 5.41) is 19.9. The lowest BCUT2D eigenvalue weighted by molar-refractivity contribution is -0.131. The highest BCUT2D eigenvalue weighted by molar-refractivity contribution is 5.83. The molecule has 0 aliphatic heterocycles. The van der Waals surface area contributed by atoms with Crippen LogP contribution in [0.5, 0.6) is 0 Å². The van der Waals surface area contributed by atoms with Crippen LogP contribution in [-0.2, 0) is 4.79 Å². The third-order valence-corrected chi connectivity index (χ3v) is 3.29. The van der Waals surface area contributed by atoms with E-state index in [0.717, 1.165) is 0 Å². The van der Waals surface area contributed by atoms with Crippen LogP contribution in [0.2, 0.25) is 0 Å². The van der Waals surface area contributed by atoms with E-state index in [-0.39, 0.29) is 23.5 Å². The lowest BCUT2D eigenvalue weighted by Crippen LogP contribution is -2.40. The second-order valence-corrected chi connectivity index (χ2v) is 5.43. The fourth-order valence-electron chi connectivity index (χ4n) is 1.96. The highest BCUT2D eigenvalue weighted by atomic mass is 16.3. The number of rotatable bonds is 6. The van der Waals surface area contributed by atoms with Gasteiger partial charge in [0, 0.05) is 17.8 Å². The van der Waals surface area contributed by atoms with E-state index in [4.69, 9.17) is 0 Å². The van der Waals surface area contributed by atoms with Gasteiger partial charge >= 0.3 is 0 Å². The number of carbonyl (C=O) groups is 1. The molecule has 0 aliphatic rings. The zero-order valence-corrected chi connectivity index (χ0v) is 11.3. The monoisotopic (exact) mass is 230 g/mol. The van der Waals surface area contributed by atoms with Gasteiger partial charge in [-0.25, -0.2) is 0 Å². The third kappa shape index (κ3) is 3.87. The van der Waals surface area contributed by atoms with Crippen LogP contribution in [0.15, 0.2) is 0 Å². The van der Waals surface area contributed by atoms with Crippen molar-refractivity contribution >= 4 is 5.78 Å². The molecule has 0 unspecified atom stereocenters. The first-order chi connectivity index (χ1) is 7.20. The van der Waals surface area contributed by atoms with E-state index in [1.165, 1.54) is 0 Å². The van der Waals surface area contributed by atoms with E-state index in [1.807, 2.05) is 27.7 Å². The summed E-state index contributed by atoms with van der Waals surface area (Å²) < 4.78 is 0. The Morgan fingerprint density at radius 3 is 1.62 bits per heavy atom. The molecule has 0 aromatic carbocycles. The molecule has 0 fully saturated rings. The van der Waals surface area contributed by atoms with Crippen molar-refractivity contribution in [2.45, 2.75) is 53.8 Å². The molecule has 0 heterocycles. The summed E-state index contributed by atoms with van der Waals surface area (Å²) in [6.07, 6.45) is -1.34. The minimum atomic E-state index is -0.771. The number of aliphatic hydroxyl groups excluding tert-OH is 2. The maximum atomic E-state index is 11.7. The molecule has 0 spiro atoms. The summed E-state index contributed by atoms with van der Waals surface area (Å²) in [7, 11) is 0. The van der Waals surface area contributed by atoms with Gasteiger partial charge in [-0.3, -0.25) is 4.79 Å². The average Bonchev–Trinajstić information content (AvgIpc) is 2.23. The largest absolute Gasteiger partial charge is 0.392 e. The maximum Gasteiger partial charge on any atom is 0.140 e. The number of hydrogen-bond acceptors (Lipinski definition) is 3. The standard InChI is InChI=1S/C13H26O3/c1-7(2)11(14)9(5)13(16)10(6)12(15)8(3)4/h7-11,13-14,16H,1-6H3/t9-,10+,11+,13+/m0/s1. The first kappa shape index (κ1) is 15.6. The average molecular weight is 230 g/mol. The molecule has 2 N–H and O–H groups in total. The van der Waals surface area contributed by atoms with E-state index in [2.05, 4.69) is 0 Å². The Balaban J connectivity index is 4.54. The molecule has 0 saturated heterocycles. The van der Waals surface area contributed by atoms with Crippen molar-refractivity contribution in [3.05, 3.63) is 0 Å². The molecule has 0 saturated carbocycles. The Bertz CT molecular complexity index is 223. The Morgan fingerprint density at radius 2 is 1.31 bits per heavy atom. The summed E-state index contributed by atoms with van der Waals surface area (Å²) in [6.45, 7) is 11.0. The van der Waals surface area contributed by atoms with Crippen LogP contribution in [0.3, 0.4) is 0 Å². The van der Waals surface area contributed by atoms with Crippen molar-refractivity contribution in [3.8, 4) is 0 Å². The van der Waals surface area contributed by atoms with Crippen molar-refractivity contribution in [2.24, 2.45) is 23.7 Å². The smallest absolute Gasteiger partial charge is 0.140 e. The molecule has 0 aromatic rings. The van der Waals surface area contributed by atoms with Gasteiger partial charge in [0.25, 0.3) is 0 Å². The minimum absolute atomic E-state index is 0.0512. The summed E-state index contributed by atoms with van der Waals surface area (Å²) in [5.74, 6) is -0.629. The fraction of sp³-hybridized carbons (Fsp3) is 0.923. The quantitative estimate of drug-likeness (QED) is 0.732. The van der Waals surface area contributed by atoms with Crippen LogP contribution in [0.1, 0.15) is 41.5 Å². The zero-order valence-electron chi connectivity index (χ0n) is 11.3. The first-order valence-electron chi connectivity index (χ1n) is 6.10. The van der Waals surface area contributed by atoms with Gasteiger partial charge in [0.1, 0.15) is 5.78 Å². The summed E-state index contributed by atoms with van der Waals surface area (Å²) in [5.41, 5.74) is 0. The van der Waals surface area contributed by atoms with Crippen molar-refractivity contribution in [1.82, 2.24) is 0 Å². The number of carbonyl (C=O) groups excluding carboxylic acids is 1. The highest BCUT2D eigenvalue weighted by Crippen LogP contribution is 2.23. The Kier molecular flexibility index (Phi) is 6.19. The topological polar surface area (TPSA) is 57.5 Å². The maximum absolute atomic E-state index is 11.7. The number of hydrogen-bond donors (Lipinski definition) is 2. The van der Waals surface area contributed by atoms with Gasteiger partial charge < -0.3 is 10.2 Å². The third-order valence-electron chi connectivity index (χ3n) is 3.29. The molecule has 16 heavy (non-hydrogen) atoms. The predicted molar refractivity (Wildman–Crippen MR) is 65.0 cm³/mol. The molecule has 0 rings (SSSR count). The Labute approximate surface area is 98.9 Å². The van der Waals surface area contributed by atoms with E-state index >= 15 is 0 Å². The summed E-state index contributed by atoms with van der Waals surface area (Å²) >= 11 is 0. The van der Waals surface area contributed by atoms with Gasteiger partial charge in [-0.1, -0.05) is 41.5 Å². The summed E-state index contributed by atoms with van der Waals surface area (Å²) in [6, 6.07) is 0. The molecule has 0 amide bonds. The predicted octanol–water partition coefficient (Wildman–Crippen LogP) is 1.86. The molecule has 0 aromatic heterocycles. The van der Waals surface area contributed by atoms with Crippen LogP contribution in [-0.4, -0.2) is 28.2 Å². The number of ketones is 1. The second-order valence-electron chi connectivity index (χ2n) is 5.43. The molecular formula is C13H26O3. The van der Waals surface area contributed by atoms with Crippen molar-refractivity contribution in [2.75, 3.05) is 0 Å². The van der Waals surface area contributed by atoms with Gasteiger partial charge in [0.2, 0.25) is 0 Å². The minimum Gasteiger partial charge on any atom is -0.392 e. The number of Topliss-reactive ketones (excluding diaryl/α,β-unsaturated/α-hetero) is 1. The highest BCUT2D eigenvalue weighted by Gasteiger charge is 2.32. The normalized spacial score (nSPS) is 19.6. The molecular weight excluding hydrogens is 204 g/mol. The van der Waals surface area contributed by atoms with Crippen molar-refractivity contribution in [3.63, 3.8) is 0 Å². The zero-order chi connectivity index (χ0) is 13.0. The molecule has 0 aliphatic carbocycles. The van der Waals surface area contributed by atoms with Crippen LogP contribution in [0, 0.1) is 23.7 Å². The second kappa shape index (κ2) is 6.36. The fourth-order valence-corrected chi connectivity index (χ4v) is 1.96. The molecule has 96 valence electrons. The van der Waals surface area contributed by atoms with E-state index in [1.54, 1.807) is 13.8 Å². The Morgan fingerprint density at radius 1 is 0.875 bits per heavy atom. The lowest BCUT2D eigenvalue weighted by atomic mass is 9.81. The number of aliphatic hydroxyl groups is 2. The van der Waals surface area contributed by atoms with Gasteiger partial charge in [-0.05, 0) is 5.92 Å². The molecule has 3 nitrogen and oxygen atoms in total. The van der Waals surface area contributed by atoms with Crippen molar-refractivity contribution < 1.29 is 15.0 Å². The molecule has 4 atom stereocenters. The van der Waals surface area contributed by atoms with Crippen LogP contribution >= 0.6 is 0 Å². The lowest BCUT2D eigenvalue weighted by Gasteiger charge is -2.30. The van der Waals surface area contributed by atoms with Crippen LogP contribution < -0.4 is 0 Å². The van der Waals surface area contributed by atoms with E-state index in [0.29, 0.717) is 0 Å². The van der Waals surface area contributed by atoms with Gasteiger partial charge in [0.15, 0.2) is 0 Å². The van der Waals surface area contributed by atoms with Crippen molar-refractivity contribution in [1.29, 1.82) is 0 Å². The van der Waals surface area contributed by atoms with Gasteiger partial charge in [-0.15, -0.1) is 0 Å². The Hall–Kier alpha value is -0.410. The first-order valence-corrected chi connectivity index (χ1v) is 6.10. The van der Waals surface area contributed by atoms with Crippen LogP contribution in [0.25, 0.3) is 0 Å². The molecule has 0 bridgehead atoms. The molecule has 0 radical (unpaired) electrons. The SMILES string of the molecule is CC(C)C(=O)[C@@H](C)[C@H](O)[C@@H](C)[C@H](O)C(C)C. The van der Waals surface area contributed by atoms with E-state index < -0.39 is 18.1 Å². The molecule has 3 heteroatoms. The van der Waals surface area contributed by atoms with Gasteiger partial charge in [-0.2, -0.15) is 0 Å².